The largest absolute Gasteiger partial charge is 0.263 e. The molecule has 0 aliphatic carbocycles. The van der Waals surface area contributed by atoms with E-state index >= 15 is 0 Å². The molecule has 0 atom stereocenters. The van der Waals surface area contributed by atoms with Gasteiger partial charge in [-0.3, -0.25) is 4.98 Å². The van der Waals surface area contributed by atoms with Gasteiger partial charge in [0.2, 0.25) is 0 Å². The Kier molecular flexibility index (Phi) is 3.87. The maximum atomic E-state index is 13.6. The lowest BCUT2D eigenvalue weighted by molar-refractivity contribution is 0.597. The third-order valence-corrected chi connectivity index (χ3v) is 2.90. The van der Waals surface area contributed by atoms with Gasteiger partial charge >= 0.3 is 0 Å². The van der Waals surface area contributed by atoms with Gasteiger partial charge in [-0.1, -0.05) is 0 Å². The highest BCUT2D eigenvalue weighted by Gasteiger charge is 2.05. The molecule has 0 radical (unpaired) electrons. The molecule has 0 saturated heterocycles. The van der Waals surface area contributed by atoms with Gasteiger partial charge in [0.05, 0.1) is 0 Å². The fraction of sp³-hybridized carbons (Fsp3) is 0.0714. The Balaban J connectivity index is 2.41. The Bertz CT molecular complexity index is 608. The first-order valence-electron chi connectivity index (χ1n) is 5.30. The zero-order chi connectivity index (χ0) is 13.1. The standard InChI is InChI=1S/C14H10BrF2N/c1-9(4-10-5-11(15)8-18-7-10)13-6-12(16)2-3-14(13)17/h2-8H,1H3/b9-4+. The van der Waals surface area contributed by atoms with Crippen molar-refractivity contribution in [2.24, 2.45) is 0 Å². The van der Waals surface area contributed by atoms with E-state index < -0.39 is 11.6 Å². The summed E-state index contributed by atoms with van der Waals surface area (Å²) in [7, 11) is 0. The average Bonchev–Trinajstić information content (AvgIpc) is 2.32. The summed E-state index contributed by atoms with van der Waals surface area (Å²) in [6, 6.07) is 5.27. The Morgan fingerprint density at radius 3 is 2.72 bits per heavy atom. The van der Waals surface area contributed by atoms with E-state index in [9.17, 15) is 8.78 Å². The quantitative estimate of drug-likeness (QED) is 0.784. The van der Waals surface area contributed by atoms with Crippen molar-refractivity contribution in [2.45, 2.75) is 6.92 Å². The molecule has 0 aliphatic heterocycles. The topological polar surface area (TPSA) is 12.9 Å². The van der Waals surface area contributed by atoms with E-state index in [1.54, 1.807) is 25.4 Å². The number of pyridine rings is 1. The Morgan fingerprint density at radius 2 is 2.00 bits per heavy atom. The zero-order valence-electron chi connectivity index (χ0n) is 9.62. The number of benzene rings is 1. The molecule has 0 fully saturated rings. The van der Waals surface area contributed by atoms with E-state index in [4.69, 9.17) is 0 Å². The molecule has 0 amide bonds. The number of aromatic nitrogens is 1. The van der Waals surface area contributed by atoms with Crippen LogP contribution in [-0.4, -0.2) is 4.98 Å². The van der Waals surface area contributed by atoms with Crippen LogP contribution in [0.1, 0.15) is 18.1 Å². The van der Waals surface area contributed by atoms with Crippen LogP contribution in [0.4, 0.5) is 8.78 Å². The molecule has 1 nitrogen and oxygen atoms in total. The predicted molar refractivity (Wildman–Crippen MR) is 71.8 cm³/mol. The van der Waals surface area contributed by atoms with E-state index in [0.29, 0.717) is 5.57 Å². The van der Waals surface area contributed by atoms with Crippen LogP contribution >= 0.6 is 15.9 Å². The van der Waals surface area contributed by atoms with Crippen molar-refractivity contribution >= 4 is 27.6 Å². The third kappa shape index (κ3) is 3.01. The van der Waals surface area contributed by atoms with Crippen molar-refractivity contribution in [3.8, 4) is 0 Å². The molecular formula is C14H10BrF2N. The van der Waals surface area contributed by atoms with Crippen LogP contribution < -0.4 is 0 Å². The number of allylic oxidation sites excluding steroid dienone is 1. The smallest absolute Gasteiger partial charge is 0.130 e. The molecule has 0 aliphatic rings. The second kappa shape index (κ2) is 5.40. The number of halogens is 3. The minimum absolute atomic E-state index is 0.259. The minimum atomic E-state index is -0.452. The average molecular weight is 310 g/mol. The van der Waals surface area contributed by atoms with Gasteiger partial charge in [0, 0.05) is 22.4 Å². The first kappa shape index (κ1) is 12.9. The molecule has 4 heteroatoms. The Morgan fingerprint density at radius 1 is 1.22 bits per heavy atom. The van der Waals surface area contributed by atoms with Gasteiger partial charge in [-0.2, -0.15) is 0 Å². The van der Waals surface area contributed by atoms with Crippen LogP contribution in [0.25, 0.3) is 11.6 Å². The molecule has 1 aromatic heterocycles. The maximum absolute atomic E-state index is 13.6. The van der Waals surface area contributed by atoms with Crippen LogP contribution in [0.15, 0.2) is 41.1 Å². The minimum Gasteiger partial charge on any atom is -0.263 e. The molecule has 2 rings (SSSR count). The van der Waals surface area contributed by atoms with Crippen molar-refractivity contribution in [1.82, 2.24) is 4.98 Å². The molecule has 2 aromatic rings. The van der Waals surface area contributed by atoms with Gasteiger partial charge in [0.25, 0.3) is 0 Å². The highest BCUT2D eigenvalue weighted by atomic mass is 79.9. The van der Waals surface area contributed by atoms with Crippen LogP contribution in [0, 0.1) is 11.6 Å². The highest BCUT2D eigenvalue weighted by Crippen LogP contribution is 2.22. The molecule has 1 heterocycles. The van der Waals surface area contributed by atoms with Gasteiger partial charge in [-0.05, 0) is 64.3 Å². The second-order valence-electron chi connectivity index (χ2n) is 3.89. The molecule has 0 N–H and O–H groups in total. The van der Waals surface area contributed by atoms with Crippen molar-refractivity contribution in [3.63, 3.8) is 0 Å². The van der Waals surface area contributed by atoms with Gasteiger partial charge in [-0.15, -0.1) is 0 Å². The number of nitrogens with zero attached hydrogens (tertiary/aromatic N) is 1. The summed E-state index contributed by atoms with van der Waals surface area (Å²) in [4.78, 5) is 4.01. The molecule has 0 saturated carbocycles. The SMILES string of the molecule is C/C(=C\c1cncc(Br)c1)c1cc(F)ccc1F. The van der Waals surface area contributed by atoms with E-state index in [1.807, 2.05) is 6.07 Å². The normalized spacial score (nSPS) is 11.7. The van der Waals surface area contributed by atoms with E-state index in [2.05, 4.69) is 20.9 Å². The third-order valence-electron chi connectivity index (χ3n) is 2.46. The lowest BCUT2D eigenvalue weighted by atomic mass is 10.0. The summed E-state index contributed by atoms with van der Waals surface area (Å²) in [6.07, 6.45) is 5.08. The van der Waals surface area contributed by atoms with Crippen LogP contribution in [-0.2, 0) is 0 Å². The van der Waals surface area contributed by atoms with E-state index in [1.165, 1.54) is 6.07 Å². The zero-order valence-corrected chi connectivity index (χ0v) is 11.2. The lowest BCUT2D eigenvalue weighted by Crippen LogP contribution is -1.89. The summed E-state index contributed by atoms with van der Waals surface area (Å²) >= 11 is 3.31. The van der Waals surface area contributed by atoms with Crippen LogP contribution in [0.2, 0.25) is 0 Å². The molecule has 0 spiro atoms. The van der Waals surface area contributed by atoms with Crippen molar-refractivity contribution in [3.05, 3.63) is 63.9 Å². The molecule has 92 valence electrons. The van der Waals surface area contributed by atoms with E-state index in [0.717, 1.165) is 22.2 Å². The van der Waals surface area contributed by atoms with E-state index in [-0.39, 0.29) is 5.56 Å². The van der Waals surface area contributed by atoms with Crippen molar-refractivity contribution < 1.29 is 8.78 Å². The van der Waals surface area contributed by atoms with Gasteiger partial charge in [0.15, 0.2) is 0 Å². The maximum Gasteiger partial charge on any atom is 0.130 e. The molecule has 1 aromatic carbocycles. The fourth-order valence-electron chi connectivity index (χ4n) is 1.63. The first-order valence-corrected chi connectivity index (χ1v) is 6.10. The number of hydrogen-bond donors (Lipinski definition) is 0. The Labute approximate surface area is 112 Å². The molecular weight excluding hydrogens is 300 g/mol. The van der Waals surface area contributed by atoms with Crippen molar-refractivity contribution in [2.75, 3.05) is 0 Å². The monoisotopic (exact) mass is 309 g/mol. The molecule has 0 bridgehead atoms. The van der Waals surface area contributed by atoms with Gasteiger partial charge in [0.1, 0.15) is 11.6 Å². The van der Waals surface area contributed by atoms with Crippen LogP contribution in [0.5, 0.6) is 0 Å². The number of rotatable bonds is 2. The predicted octanol–water partition coefficient (Wildman–Crippen LogP) is 4.68. The summed E-state index contributed by atoms with van der Waals surface area (Å²) in [5, 5.41) is 0. The van der Waals surface area contributed by atoms with Crippen molar-refractivity contribution in [1.29, 1.82) is 0 Å². The fourth-order valence-corrected chi connectivity index (χ4v) is 2.02. The molecule has 0 unspecified atom stereocenters. The van der Waals surface area contributed by atoms with Gasteiger partial charge in [-0.25, -0.2) is 8.78 Å². The number of hydrogen-bond acceptors (Lipinski definition) is 1. The first-order chi connectivity index (χ1) is 8.56. The van der Waals surface area contributed by atoms with Crippen LogP contribution in [0.3, 0.4) is 0 Å². The van der Waals surface area contributed by atoms with Gasteiger partial charge < -0.3 is 0 Å². The summed E-state index contributed by atoms with van der Waals surface area (Å²) in [5.74, 6) is -0.889. The lowest BCUT2D eigenvalue weighted by Gasteiger charge is -2.04. The highest BCUT2D eigenvalue weighted by molar-refractivity contribution is 9.10. The molecule has 18 heavy (non-hydrogen) atoms. The Hall–Kier alpha value is -1.55. The second-order valence-corrected chi connectivity index (χ2v) is 4.80. The summed E-state index contributed by atoms with van der Waals surface area (Å²) in [5.41, 5.74) is 1.73. The summed E-state index contributed by atoms with van der Waals surface area (Å²) in [6.45, 7) is 1.73. The summed E-state index contributed by atoms with van der Waals surface area (Å²) < 4.78 is 27.5.